The van der Waals surface area contributed by atoms with Gasteiger partial charge in [-0.1, -0.05) is 30.3 Å². The van der Waals surface area contributed by atoms with Gasteiger partial charge < -0.3 is 24.7 Å². The van der Waals surface area contributed by atoms with Crippen LogP contribution in [0.3, 0.4) is 0 Å². The maximum atomic E-state index is 12.8. The number of aryl methyl sites for hydroxylation is 1. The summed E-state index contributed by atoms with van der Waals surface area (Å²) < 4.78 is 11.7. The molecule has 0 aliphatic carbocycles. The fourth-order valence-corrected chi connectivity index (χ4v) is 4.26. The Bertz CT molecular complexity index is 1130. The quantitative estimate of drug-likeness (QED) is 0.458. The number of nitrogens with zero attached hydrogens (tertiary/aromatic N) is 2. The molecule has 0 saturated carbocycles. The zero-order chi connectivity index (χ0) is 23.4. The Morgan fingerprint density at radius 2 is 1.70 bits per heavy atom. The van der Waals surface area contributed by atoms with Crippen LogP contribution in [0.4, 0.5) is 0 Å². The summed E-state index contributed by atoms with van der Waals surface area (Å²) in [7, 11) is 1.74. The Hall–Kier alpha value is -3.32. The topological polar surface area (TPSA) is 79.1 Å². The van der Waals surface area contributed by atoms with Crippen molar-refractivity contribution in [2.75, 3.05) is 20.1 Å². The Morgan fingerprint density at radius 3 is 2.36 bits per heavy atom. The summed E-state index contributed by atoms with van der Waals surface area (Å²) in [6.45, 7) is 8.46. The first-order chi connectivity index (χ1) is 15.9. The molecule has 2 N–H and O–H groups in total. The van der Waals surface area contributed by atoms with Crippen molar-refractivity contribution in [1.82, 2.24) is 15.5 Å². The molecule has 1 aliphatic heterocycles. The third-order valence-electron chi connectivity index (χ3n) is 5.95. The fourth-order valence-electron chi connectivity index (χ4n) is 4.26. The number of rotatable bonds is 5. The first kappa shape index (κ1) is 22.9. The second kappa shape index (κ2) is 10.1. The van der Waals surface area contributed by atoms with E-state index in [4.69, 9.17) is 9.15 Å². The van der Waals surface area contributed by atoms with Crippen LogP contribution in [0.1, 0.15) is 41.1 Å². The molecule has 0 spiro atoms. The van der Waals surface area contributed by atoms with Gasteiger partial charge >= 0.3 is 0 Å². The maximum Gasteiger partial charge on any atom is 0.254 e. The highest BCUT2D eigenvalue weighted by Crippen LogP contribution is 2.24. The molecule has 1 aromatic heterocycles. The predicted molar refractivity (Wildman–Crippen MR) is 130 cm³/mol. The standard InChI is InChI=1S/C26H32N4O3/c1-17-15-30(16-18(2)32-17)25(31)21-11-9-20(10-12-21)13-28-26(27-4)29-14-24-19(3)22-7-5-6-8-23(22)33-24/h5-12,17-18H,13-16H2,1-4H3,(H2,27,28,29). The average molecular weight is 449 g/mol. The lowest BCUT2D eigenvalue weighted by atomic mass is 10.1. The minimum Gasteiger partial charge on any atom is -0.459 e. The number of hydrogen-bond acceptors (Lipinski definition) is 4. The van der Waals surface area contributed by atoms with Crippen LogP contribution in [0.2, 0.25) is 0 Å². The Balaban J connectivity index is 1.31. The lowest BCUT2D eigenvalue weighted by Crippen LogP contribution is -2.48. The van der Waals surface area contributed by atoms with Gasteiger partial charge in [0.1, 0.15) is 11.3 Å². The van der Waals surface area contributed by atoms with Crippen LogP contribution in [-0.4, -0.2) is 49.1 Å². The first-order valence-corrected chi connectivity index (χ1v) is 11.4. The number of para-hydroxylation sites is 1. The Labute approximate surface area is 194 Å². The molecule has 2 heterocycles. The van der Waals surface area contributed by atoms with Gasteiger partial charge in [0.25, 0.3) is 5.91 Å². The Morgan fingerprint density at radius 1 is 1.03 bits per heavy atom. The van der Waals surface area contributed by atoms with Crippen LogP contribution in [0.5, 0.6) is 0 Å². The van der Waals surface area contributed by atoms with E-state index in [-0.39, 0.29) is 18.1 Å². The average Bonchev–Trinajstić information content (AvgIpc) is 3.14. The van der Waals surface area contributed by atoms with Crippen LogP contribution in [0.25, 0.3) is 11.0 Å². The van der Waals surface area contributed by atoms with Crippen LogP contribution >= 0.6 is 0 Å². The summed E-state index contributed by atoms with van der Waals surface area (Å²) in [5.74, 6) is 1.63. The van der Waals surface area contributed by atoms with Crippen molar-refractivity contribution >= 4 is 22.8 Å². The summed E-state index contributed by atoms with van der Waals surface area (Å²) in [6, 6.07) is 15.8. The second-order valence-corrected chi connectivity index (χ2v) is 8.59. The summed E-state index contributed by atoms with van der Waals surface area (Å²) in [5.41, 5.74) is 3.80. The van der Waals surface area contributed by atoms with Crippen LogP contribution in [-0.2, 0) is 17.8 Å². The third-order valence-corrected chi connectivity index (χ3v) is 5.95. The number of hydrogen-bond donors (Lipinski definition) is 2. The molecule has 1 fully saturated rings. The summed E-state index contributed by atoms with van der Waals surface area (Å²) >= 11 is 0. The van der Waals surface area contributed by atoms with Gasteiger partial charge in [0.05, 0.1) is 18.8 Å². The molecule has 2 atom stereocenters. The smallest absolute Gasteiger partial charge is 0.254 e. The molecule has 3 aromatic rings. The highest BCUT2D eigenvalue weighted by molar-refractivity contribution is 5.94. The zero-order valence-electron chi connectivity index (χ0n) is 19.7. The second-order valence-electron chi connectivity index (χ2n) is 8.59. The van der Waals surface area contributed by atoms with Gasteiger partial charge in [-0.3, -0.25) is 9.79 Å². The van der Waals surface area contributed by atoms with Gasteiger partial charge in [0, 0.05) is 43.2 Å². The molecule has 1 saturated heterocycles. The van der Waals surface area contributed by atoms with Crippen molar-refractivity contribution in [3.05, 3.63) is 71.0 Å². The van der Waals surface area contributed by atoms with E-state index in [1.165, 1.54) is 0 Å². The monoisotopic (exact) mass is 448 g/mol. The molecule has 7 heteroatoms. The highest BCUT2D eigenvalue weighted by Gasteiger charge is 2.26. The van der Waals surface area contributed by atoms with Crippen molar-refractivity contribution in [3.8, 4) is 0 Å². The van der Waals surface area contributed by atoms with Crippen molar-refractivity contribution < 1.29 is 13.9 Å². The van der Waals surface area contributed by atoms with Crippen LogP contribution in [0, 0.1) is 6.92 Å². The molecule has 1 aliphatic rings. The lowest BCUT2D eigenvalue weighted by Gasteiger charge is -2.35. The molecule has 33 heavy (non-hydrogen) atoms. The predicted octanol–water partition coefficient (Wildman–Crippen LogP) is 3.86. The van der Waals surface area contributed by atoms with E-state index in [9.17, 15) is 4.79 Å². The number of furan rings is 1. The van der Waals surface area contributed by atoms with E-state index in [1.807, 2.05) is 61.2 Å². The minimum absolute atomic E-state index is 0.0511. The maximum absolute atomic E-state index is 12.8. The van der Waals surface area contributed by atoms with Crippen LogP contribution < -0.4 is 10.6 Å². The normalized spacial score (nSPS) is 19.0. The lowest BCUT2D eigenvalue weighted by molar-refractivity contribution is -0.0586. The van der Waals surface area contributed by atoms with E-state index in [0.29, 0.717) is 37.7 Å². The van der Waals surface area contributed by atoms with Crippen molar-refractivity contribution in [1.29, 1.82) is 0 Å². The largest absolute Gasteiger partial charge is 0.459 e. The van der Waals surface area contributed by atoms with Gasteiger partial charge in [-0.05, 0) is 44.5 Å². The van der Waals surface area contributed by atoms with E-state index in [2.05, 4.69) is 28.6 Å². The van der Waals surface area contributed by atoms with E-state index >= 15 is 0 Å². The minimum atomic E-state index is 0.0511. The zero-order valence-corrected chi connectivity index (χ0v) is 19.7. The number of aliphatic imine (C=N–C) groups is 1. The van der Waals surface area contributed by atoms with E-state index in [1.54, 1.807) is 7.05 Å². The number of guanidine groups is 1. The number of amides is 1. The summed E-state index contributed by atoms with van der Waals surface area (Å²) in [6.07, 6.45) is 0.118. The molecule has 2 aromatic carbocycles. The number of fused-ring (bicyclic) bond motifs is 1. The molecular formula is C26H32N4O3. The number of carbonyl (C=O) groups excluding carboxylic acids is 1. The molecule has 0 bridgehead atoms. The molecular weight excluding hydrogens is 416 g/mol. The SMILES string of the molecule is CN=C(NCc1ccc(C(=O)N2CC(C)OC(C)C2)cc1)NCc1oc2ccccc2c1C. The molecule has 0 radical (unpaired) electrons. The van der Waals surface area contributed by atoms with Crippen LogP contribution in [0.15, 0.2) is 57.9 Å². The van der Waals surface area contributed by atoms with E-state index in [0.717, 1.165) is 27.9 Å². The van der Waals surface area contributed by atoms with E-state index < -0.39 is 0 Å². The summed E-state index contributed by atoms with van der Waals surface area (Å²) in [5, 5.41) is 7.76. The number of nitrogens with one attached hydrogen (secondary N) is 2. The van der Waals surface area contributed by atoms with Gasteiger partial charge in [-0.15, -0.1) is 0 Å². The molecule has 7 nitrogen and oxygen atoms in total. The number of ether oxygens (including phenoxy) is 1. The van der Waals surface area contributed by atoms with Gasteiger partial charge in [0.15, 0.2) is 5.96 Å². The van der Waals surface area contributed by atoms with Gasteiger partial charge in [0.2, 0.25) is 0 Å². The van der Waals surface area contributed by atoms with Gasteiger partial charge in [-0.25, -0.2) is 0 Å². The molecule has 1 amide bonds. The fraction of sp³-hybridized carbons (Fsp3) is 0.385. The number of morpholine rings is 1. The number of carbonyl (C=O) groups is 1. The highest BCUT2D eigenvalue weighted by atomic mass is 16.5. The summed E-state index contributed by atoms with van der Waals surface area (Å²) in [4.78, 5) is 19.0. The van der Waals surface area contributed by atoms with Crippen molar-refractivity contribution in [2.24, 2.45) is 4.99 Å². The number of benzene rings is 2. The third kappa shape index (κ3) is 5.37. The van der Waals surface area contributed by atoms with Gasteiger partial charge in [-0.2, -0.15) is 0 Å². The molecule has 2 unspecified atom stereocenters. The Kier molecular flexibility index (Phi) is 6.99. The van der Waals surface area contributed by atoms with Crippen molar-refractivity contribution in [3.63, 3.8) is 0 Å². The van der Waals surface area contributed by atoms with Crippen molar-refractivity contribution in [2.45, 2.75) is 46.1 Å². The molecule has 4 rings (SSSR count). The first-order valence-electron chi connectivity index (χ1n) is 11.4. The molecule has 174 valence electrons.